The Balaban J connectivity index is 1.58. The van der Waals surface area contributed by atoms with Crippen molar-refractivity contribution in [3.05, 3.63) is 83.2 Å². The summed E-state index contributed by atoms with van der Waals surface area (Å²) in [5.74, 6) is 1.76. The maximum Gasteiger partial charge on any atom is 0.261 e. The molecule has 5 rings (SSSR count). The molecular weight excluding hydrogens is 368 g/mol. The van der Waals surface area contributed by atoms with E-state index in [4.69, 9.17) is 4.74 Å². The van der Waals surface area contributed by atoms with Gasteiger partial charge in [0.05, 0.1) is 24.6 Å². The molecule has 0 atom stereocenters. The molecule has 0 amide bonds. The van der Waals surface area contributed by atoms with Crippen LogP contribution in [0.1, 0.15) is 5.56 Å². The third kappa shape index (κ3) is 3.00. The number of nitrogens with zero attached hydrogens (tertiary/aromatic N) is 6. The van der Waals surface area contributed by atoms with E-state index in [9.17, 15) is 4.79 Å². The van der Waals surface area contributed by atoms with Gasteiger partial charge in [0.25, 0.3) is 11.3 Å². The Kier molecular flexibility index (Phi) is 4.02. The number of hydrogen-bond donors (Lipinski definition) is 0. The van der Waals surface area contributed by atoms with Crippen molar-refractivity contribution in [2.45, 2.75) is 6.54 Å². The van der Waals surface area contributed by atoms with Gasteiger partial charge in [0.15, 0.2) is 5.82 Å². The van der Waals surface area contributed by atoms with Crippen LogP contribution in [0.2, 0.25) is 0 Å². The van der Waals surface area contributed by atoms with Crippen LogP contribution in [-0.2, 0) is 6.54 Å². The van der Waals surface area contributed by atoms with Crippen LogP contribution in [0.5, 0.6) is 5.75 Å². The molecule has 8 heteroatoms. The third-order valence-electron chi connectivity index (χ3n) is 4.76. The van der Waals surface area contributed by atoms with Crippen molar-refractivity contribution in [2.75, 3.05) is 7.11 Å². The molecule has 0 aliphatic heterocycles. The van der Waals surface area contributed by atoms with Gasteiger partial charge < -0.3 is 9.30 Å². The predicted molar refractivity (Wildman–Crippen MR) is 108 cm³/mol. The lowest BCUT2D eigenvalue weighted by molar-refractivity contribution is 0.414. The molecule has 0 radical (unpaired) electrons. The second kappa shape index (κ2) is 6.83. The average Bonchev–Trinajstić information content (AvgIpc) is 3.21. The second-order valence-electron chi connectivity index (χ2n) is 6.54. The molecule has 0 fully saturated rings. The van der Waals surface area contributed by atoms with E-state index in [2.05, 4.69) is 20.1 Å². The second-order valence-corrected chi connectivity index (χ2v) is 6.54. The van der Waals surface area contributed by atoms with Gasteiger partial charge in [-0.3, -0.25) is 9.78 Å². The molecule has 0 aliphatic rings. The summed E-state index contributed by atoms with van der Waals surface area (Å²) in [4.78, 5) is 25.8. The lowest BCUT2D eigenvalue weighted by Gasteiger charge is -2.08. The minimum Gasteiger partial charge on any atom is -0.497 e. The largest absolute Gasteiger partial charge is 0.497 e. The van der Waals surface area contributed by atoms with E-state index in [1.165, 1.54) is 0 Å². The normalized spacial score (nSPS) is 11.2. The summed E-state index contributed by atoms with van der Waals surface area (Å²) >= 11 is 0. The molecule has 4 heterocycles. The zero-order valence-electron chi connectivity index (χ0n) is 15.6. The summed E-state index contributed by atoms with van der Waals surface area (Å²) in [6.07, 6.45) is 6.69. The van der Waals surface area contributed by atoms with E-state index < -0.39 is 0 Å². The van der Waals surface area contributed by atoms with Crippen LogP contribution < -0.4 is 10.3 Å². The monoisotopic (exact) mass is 384 g/mol. The number of hydrogen-bond acceptors (Lipinski definition) is 6. The fraction of sp³-hybridized carbons (Fsp3) is 0.0952. The number of fused-ring (bicyclic) bond motifs is 3. The van der Waals surface area contributed by atoms with Gasteiger partial charge in [-0.2, -0.15) is 9.50 Å². The van der Waals surface area contributed by atoms with E-state index >= 15 is 0 Å². The number of pyridine rings is 2. The molecule has 0 saturated heterocycles. The Morgan fingerprint density at radius 3 is 2.59 bits per heavy atom. The highest BCUT2D eigenvalue weighted by molar-refractivity contribution is 5.79. The standard InChI is InChI=1S/C21H16N6O2/c1-29-16-4-2-14(3-5-16)13-26-11-8-18-17(20(26)28)12-23-21-24-19(25-27(18)21)15-6-9-22-10-7-15/h2-12H,13H2,1H3. The summed E-state index contributed by atoms with van der Waals surface area (Å²) in [6, 6.07) is 13.2. The molecule has 0 saturated carbocycles. The zero-order valence-corrected chi connectivity index (χ0v) is 15.6. The lowest BCUT2D eigenvalue weighted by atomic mass is 10.2. The fourth-order valence-electron chi connectivity index (χ4n) is 3.24. The molecule has 0 unspecified atom stereocenters. The molecule has 0 bridgehead atoms. The molecule has 8 nitrogen and oxygen atoms in total. The van der Waals surface area contributed by atoms with Crippen LogP contribution in [0.25, 0.3) is 28.1 Å². The molecular formula is C21H16N6O2. The lowest BCUT2D eigenvalue weighted by Crippen LogP contribution is -2.21. The van der Waals surface area contributed by atoms with Gasteiger partial charge in [0, 0.05) is 30.4 Å². The summed E-state index contributed by atoms with van der Waals surface area (Å²) in [5, 5.41) is 5.02. The van der Waals surface area contributed by atoms with Gasteiger partial charge in [0.2, 0.25) is 0 Å². The maximum absolute atomic E-state index is 13.0. The smallest absolute Gasteiger partial charge is 0.261 e. The molecule has 0 N–H and O–H groups in total. The number of aromatic nitrogens is 6. The topological polar surface area (TPSA) is 87.2 Å². The predicted octanol–water partition coefficient (Wildman–Crippen LogP) is 2.56. The number of rotatable bonds is 4. The first kappa shape index (κ1) is 17.1. The number of methoxy groups -OCH3 is 1. The Bertz CT molecular complexity index is 1370. The highest BCUT2D eigenvalue weighted by Gasteiger charge is 2.12. The number of benzene rings is 1. The minimum atomic E-state index is -0.131. The van der Waals surface area contributed by atoms with Crippen molar-refractivity contribution in [3.63, 3.8) is 0 Å². The van der Waals surface area contributed by atoms with Gasteiger partial charge in [0.1, 0.15) is 5.75 Å². The van der Waals surface area contributed by atoms with Gasteiger partial charge in [-0.15, -0.1) is 5.10 Å². The van der Waals surface area contributed by atoms with Crippen LogP contribution in [-0.4, -0.2) is 36.2 Å². The van der Waals surface area contributed by atoms with E-state index in [-0.39, 0.29) is 5.56 Å². The Morgan fingerprint density at radius 2 is 1.83 bits per heavy atom. The first-order valence-electron chi connectivity index (χ1n) is 9.01. The molecule has 29 heavy (non-hydrogen) atoms. The van der Waals surface area contributed by atoms with Gasteiger partial charge in [-0.05, 0) is 35.9 Å². The van der Waals surface area contributed by atoms with Gasteiger partial charge in [-0.25, -0.2) is 4.98 Å². The van der Waals surface area contributed by atoms with Crippen LogP contribution in [0, 0.1) is 0 Å². The van der Waals surface area contributed by atoms with Crippen LogP contribution in [0.15, 0.2) is 72.0 Å². The average molecular weight is 384 g/mol. The minimum absolute atomic E-state index is 0.131. The summed E-state index contributed by atoms with van der Waals surface area (Å²) in [5.41, 5.74) is 2.38. The van der Waals surface area contributed by atoms with E-state index in [0.29, 0.717) is 29.0 Å². The summed E-state index contributed by atoms with van der Waals surface area (Å²) in [6.45, 7) is 0.455. The SMILES string of the molecule is COc1ccc(Cn2ccc3c(cnc4nc(-c5ccncc5)nn43)c2=O)cc1. The Morgan fingerprint density at radius 1 is 1.03 bits per heavy atom. The van der Waals surface area contributed by atoms with Crippen LogP contribution in [0.4, 0.5) is 0 Å². The van der Waals surface area contributed by atoms with Crippen molar-refractivity contribution in [3.8, 4) is 17.1 Å². The maximum atomic E-state index is 13.0. The molecule has 0 aliphatic carbocycles. The van der Waals surface area contributed by atoms with Crippen LogP contribution >= 0.6 is 0 Å². The Labute approximate surface area is 165 Å². The van der Waals surface area contributed by atoms with E-state index in [1.54, 1.807) is 41.0 Å². The molecule has 1 aromatic carbocycles. The molecule has 4 aromatic heterocycles. The summed E-state index contributed by atoms with van der Waals surface area (Å²) in [7, 11) is 1.63. The van der Waals surface area contributed by atoms with Crippen molar-refractivity contribution in [1.82, 2.24) is 29.1 Å². The summed E-state index contributed by atoms with van der Waals surface area (Å²) < 4.78 is 8.43. The number of ether oxygens (including phenoxy) is 1. The van der Waals surface area contributed by atoms with Crippen LogP contribution in [0.3, 0.4) is 0 Å². The quantitative estimate of drug-likeness (QED) is 0.473. The fourth-order valence-corrected chi connectivity index (χ4v) is 3.24. The van der Waals surface area contributed by atoms with Crippen molar-refractivity contribution < 1.29 is 4.74 Å². The van der Waals surface area contributed by atoms with Crippen molar-refractivity contribution in [1.29, 1.82) is 0 Å². The third-order valence-corrected chi connectivity index (χ3v) is 4.76. The molecule has 142 valence electrons. The first-order valence-corrected chi connectivity index (χ1v) is 9.01. The highest BCUT2D eigenvalue weighted by Crippen LogP contribution is 2.17. The highest BCUT2D eigenvalue weighted by atomic mass is 16.5. The molecule has 0 spiro atoms. The van der Waals surface area contributed by atoms with Gasteiger partial charge in [-0.1, -0.05) is 12.1 Å². The van der Waals surface area contributed by atoms with Crippen molar-refractivity contribution >= 4 is 16.7 Å². The molecule has 5 aromatic rings. The zero-order chi connectivity index (χ0) is 19.8. The van der Waals surface area contributed by atoms with E-state index in [1.807, 2.05) is 42.5 Å². The Hall–Kier alpha value is -4.07. The van der Waals surface area contributed by atoms with E-state index in [0.717, 1.165) is 16.9 Å². The van der Waals surface area contributed by atoms with Gasteiger partial charge >= 0.3 is 0 Å². The van der Waals surface area contributed by atoms with Crippen molar-refractivity contribution in [2.24, 2.45) is 0 Å². The first-order chi connectivity index (χ1) is 14.2.